The van der Waals surface area contributed by atoms with Crippen LogP contribution in [0.4, 0.5) is 4.39 Å². The Kier molecular flexibility index (Phi) is 6.63. The third kappa shape index (κ3) is 4.63. The number of rotatable bonds is 5. The molecular weight excluding hydrogens is 439 g/mol. The largest absolute Gasteiger partial charge is 0.352 e. The molecule has 2 saturated carbocycles. The molecule has 0 spiro atoms. The zero-order valence-corrected chi connectivity index (χ0v) is 19.5. The number of nitrogens with one attached hydrogen (secondary N) is 1. The molecule has 33 heavy (non-hydrogen) atoms. The molecule has 0 aliphatic heterocycles. The van der Waals surface area contributed by atoms with Crippen LogP contribution in [-0.2, 0) is 4.79 Å². The monoisotopic (exact) mass is 468 g/mol. The van der Waals surface area contributed by atoms with E-state index in [0.717, 1.165) is 56.9 Å². The van der Waals surface area contributed by atoms with Crippen molar-refractivity contribution < 1.29 is 9.18 Å². The number of fused-ring (bicyclic) bond motifs is 1. The molecule has 174 valence electrons. The molecule has 5 nitrogen and oxygen atoms in total. The Labute approximate surface area is 198 Å². The Morgan fingerprint density at radius 2 is 1.70 bits per heavy atom. The second-order valence-corrected chi connectivity index (χ2v) is 9.89. The Morgan fingerprint density at radius 1 is 1.03 bits per heavy atom. The molecule has 2 aliphatic carbocycles. The third-order valence-corrected chi connectivity index (χ3v) is 7.55. The molecule has 1 N–H and O–H groups in total. The third-order valence-electron chi connectivity index (χ3n) is 7.26. The number of nitrogens with zero attached hydrogens (tertiary/aromatic N) is 3. The molecule has 0 radical (unpaired) electrons. The Morgan fingerprint density at radius 3 is 2.39 bits per heavy atom. The van der Waals surface area contributed by atoms with Gasteiger partial charge in [0.25, 0.3) is 0 Å². The molecule has 1 aromatic carbocycles. The number of imidazole rings is 1. The molecule has 3 aromatic rings. The molecule has 1 unspecified atom stereocenters. The van der Waals surface area contributed by atoms with Crippen LogP contribution in [0.2, 0.25) is 5.02 Å². The van der Waals surface area contributed by atoms with Crippen LogP contribution in [0.3, 0.4) is 0 Å². The first kappa shape index (κ1) is 22.3. The quantitative estimate of drug-likeness (QED) is 0.467. The van der Waals surface area contributed by atoms with Crippen molar-refractivity contribution in [1.82, 2.24) is 19.9 Å². The van der Waals surface area contributed by atoms with E-state index in [0.29, 0.717) is 16.9 Å². The summed E-state index contributed by atoms with van der Waals surface area (Å²) in [6.45, 7) is 0. The number of aromatic nitrogens is 3. The zero-order valence-electron chi connectivity index (χ0n) is 18.8. The lowest BCUT2D eigenvalue weighted by Crippen LogP contribution is -2.43. The van der Waals surface area contributed by atoms with E-state index in [4.69, 9.17) is 16.6 Å². The lowest BCUT2D eigenvalue weighted by molar-refractivity contribution is -0.127. The molecule has 0 bridgehead atoms. The maximum Gasteiger partial charge on any atom is 0.243 e. The van der Waals surface area contributed by atoms with E-state index in [1.54, 1.807) is 18.5 Å². The van der Waals surface area contributed by atoms with Gasteiger partial charge in [-0.15, -0.1) is 0 Å². The van der Waals surface area contributed by atoms with Crippen LogP contribution >= 0.6 is 11.6 Å². The highest BCUT2D eigenvalue weighted by molar-refractivity contribution is 6.31. The maximum atomic E-state index is 14.3. The highest BCUT2D eigenvalue weighted by Crippen LogP contribution is 2.39. The lowest BCUT2D eigenvalue weighted by atomic mass is 9.82. The number of hydrogen-bond donors (Lipinski definition) is 1. The summed E-state index contributed by atoms with van der Waals surface area (Å²) in [5.41, 5.74) is 2.06. The minimum Gasteiger partial charge on any atom is -0.352 e. The van der Waals surface area contributed by atoms with Gasteiger partial charge in [-0.1, -0.05) is 50.1 Å². The van der Waals surface area contributed by atoms with Crippen LogP contribution in [-0.4, -0.2) is 26.5 Å². The van der Waals surface area contributed by atoms with E-state index in [-0.39, 0.29) is 22.9 Å². The van der Waals surface area contributed by atoms with Gasteiger partial charge < -0.3 is 9.88 Å². The number of carbonyl (C=O) groups excluding carboxylic acids is 1. The first-order valence-electron chi connectivity index (χ1n) is 12.2. The second-order valence-electron chi connectivity index (χ2n) is 9.48. The van der Waals surface area contributed by atoms with Gasteiger partial charge in [0.2, 0.25) is 5.91 Å². The summed E-state index contributed by atoms with van der Waals surface area (Å²) in [6.07, 6.45) is 14.5. The standard InChI is InChI=1S/C26H30ClFN4O/c27-20-15-23-22(16-21(20)28)31-25(18-11-13-29-14-12-18)32(23)24(17-7-3-1-4-8-17)26(33)30-19-9-5-2-6-10-19/h11-17,19,24H,1-10H2,(H,30,33). The van der Waals surface area contributed by atoms with Gasteiger partial charge in [-0.3, -0.25) is 9.78 Å². The molecule has 2 fully saturated rings. The van der Waals surface area contributed by atoms with Gasteiger partial charge in [0.15, 0.2) is 0 Å². The van der Waals surface area contributed by atoms with Crippen molar-refractivity contribution in [1.29, 1.82) is 0 Å². The number of benzene rings is 1. The van der Waals surface area contributed by atoms with Gasteiger partial charge in [0.05, 0.1) is 16.1 Å². The molecule has 2 aromatic heterocycles. The van der Waals surface area contributed by atoms with E-state index < -0.39 is 11.9 Å². The van der Waals surface area contributed by atoms with Crippen molar-refractivity contribution in [2.45, 2.75) is 76.3 Å². The number of carbonyl (C=O) groups is 1. The smallest absolute Gasteiger partial charge is 0.243 e. The molecule has 5 rings (SSSR count). The van der Waals surface area contributed by atoms with E-state index in [1.165, 1.54) is 18.9 Å². The van der Waals surface area contributed by atoms with Gasteiger partial charge in [-0.25, -0.2) is 9.37 Å². The number of halogens is 2. The van der Waals surface area contributed by atoms with Gasteiger partial charge in [0, 0.05) is 30.1 Å². The molecular formula is C26H30ClFN4O. The molecule has 1 amide bonds. The van der Waals surface area contributed by atoms with Gasteiger partial charge in [0.1, 0.15) is 17.7 Å². The highest BCUT2D eigenvalue weighted by atomic mass is 35.5. The van der Waals surface area contributed by atoms with Gasteiger partial charge in [-0.05, 0) is 49.8 Å². The molecule has 1 atom stereocenters. The number of pyridine rings is 1. The SMILES string of the molecule is O=C(NC1CCCCC1)C(C1CCCCC1)n1c(-c2ccncc2)nc2cc(F)c(Cl)cc21. The van der Waals surface area contributed by atoms with Crippen LogP contribution in [0.1, 0.15) is 70.3 Å². The summed E-state index contributed by atoms with van der Waals surface area (Å²) in [6, 6.07) is 6.56. The summed E-state index contributed by atoms with van der Waals surface area (Å²) < 4.78 is 16.4. The first-order chi connectivity index (χ1) is 16.1. The van der Waals surface area contributed by atoms with E-state index in [2.05, 4.69) is 10.3 Å². The van der Waals surface area contributed by atoms with Crippen LogP contribution in [0.25, 0.3) is 22.4 Å². The summed E-state index contributed by atoms with van der Waals surface area (Å²) in [7, 11) is 0. The van der Waals surface area contributed by atoms with E-state index in [1.807, 2.05) is 16.7 Å². The molecule has 2 heterocycles. The van der Waals surface area contributed by atoms with Crippen LogP contribution in [0, 0.1) is 11.7 Å². The molecule has 2 aliphatic rings. The average Bonchev–Trinajstić information content (AvgIpc) is 3.19. The lowest BCUT2D eigenvalue weighted by Gasteiger charge is -2.33. The van der Waals surface area contributed by atoms with Crippen LogP contribution in [0.5, 0.6) is 0 Å². The average molecular weight is 469 g/mol. The summed E-state index contributed by atoms with van der Waals surface area (Å²) in [5.74, 6) is 0.396. The maximum absolute atomic E-state index is 14.3. The Balaban J connectivity index is 1.65. The number of hydrogen-bond acceptors (Lipinski definition) is 3. The fourth-order valence-electron chi connectivity index (χ4n) is 5.60. The van der Waals surface area contributed by atoms with E-state index in [9.17, 15) is 9.18 Å². The normalized spacial score (nSPS) is 19.0. The zero-order chi connectivity index (χ0) is 22.8. The Hall–Kier alpha value is -2.47. The summed E-state index contributed by atoms with van der Waals surface area (Å²) in [5, 5.41) is 3.41. The fourth-order valence-corrected chi connectivity index (χ4v) is 5.76. The summed E-state index contributed by atoms with van der Waals surface area (Å²) >= 11 is 6.21. The first-order valence-corrected chi connectivity index (χ1v) is 12.6. The fraction of sp³-hybridized carbons (Fsp3) is 0.500. The van der Waals surface area contributed by atoms with Crippen molar-refractivity contribution in [2.24, 2.45) is 5.92 Å². The Bertz CT molecular complexity index is 1120. The topological polar surface area (TPSA) is 59.8 Å². The molecule has 0 saturated heterocycles. The highest BCUT2D eigenvalue weighted by Gasteiger charge is 2.35. The minimum atomic E-state index is -0.504. The minimum absolute atomic E-state index is 0.0417. The van der Waals surface area contributed by atoms with Crippen molar-refractivity contribution in [3.8, 4) is 11.4 Å². The van der Waals surface area contributed by atoms with Crippen LogP contribution in [0.15, 0.2) is 36.7 Å². The van der Waals surface area contributed by atoms with E-state index >= 15 is 0 Å². The predicted octanol–water partition coefficient (Wildman–Crippen LogP) is 6.46. The predicted molar refractivity (Wildman–Crippen MR) is 129 cm³/mol. The summed E-state index contributed by atoms with van der Waals surface area (Å²) in [4.78, 5) is 22.8. The van der Waals surface area contributed by atoms with Crippen molar-refractivity contribution in [2.75, 3.05) is 0 Å². The van der Waals surface area contributed by atoms with Crippen LogP contribution < -0.4 is 5.32 Å². The van der Waals surface area contributed by atoms with Gasteiger partial charge in [-0.2, -0.15) is 0 Å². The van der Waals surface area contributed by atoms with Crippen molar-refractivity contribution in [3.05, 3.63) is 47.5 Å². The van der Waals surface area contributed by atoms with Crippen molar-refractivity contribution in [3.63, 3.8) is 0 Å². The van der Waals surface area contributed by atoms with Crippen molar-refractivity contribution >= 4 is 28.5 Å². The van der Waals surface area contributed by atoms with Gasteiger partial charge >= 0.3 is 0 Å². The number of amides is 1. The molecule has 7 heteroatoms. The second kappa shape index (κ2) is 9.80.